The number of halogens is 1. The second-order valence-electron chi connectivity index (χ2n) is 5.20. The van der Waals surface area contributed by atoms with Crippen LogP contribution in [0, 0.1) is 5.82 Å². The molecule has 0 aliphatic carbocycles. The molecule has 19 heavy (non-hydrogen) atoms. The molecule has 5 heteroatoms. The largest absolute Gasteiger partial charge is 0.396 e. The van der Waals surface area contributed by atoms with Gasteiger partial charge in [-0.05, 0) is 44.6 Å². The van der Waals surface area contributed by atoms with E-state index in [1.807, 2.05) is 0 Å². The Morgan fingerprint density at radius 1 is 1.58 bits per heavy atom. The van der Waals surface area contributed by atoms with Crippen molar-refractivity contribution in [3.05, 3.63) is 29.6 Å². The van der Waals surface area contributed by atoms with E-state index in [1.165, 1.54) is 18.6 Å². The lowest BCUT2D eigenvalue weighted by atomic mass is 10.1. The fraction of sp³-hybridized carbons (Fsp3) is 0.500. The molecule has 0 saturated carbocycles. The summed E-state index contributed by atoms with van der Waals surface area (Å²) in [6, 6.07) is 4.59. The van der Waals surface area contributed by atoms with Gasteiger partial charge in [-0.1, -0.05) is 0 Å². The molecule has 1 aliphatic heterocycles. The number of rotatable bonds is 3. The van der Waals surface area contributed by atoms with Crippen LogP contribution in [0.4, 0.5) is 10.1 Å². The molecule has 1 aromatic rings. The van der Waals surface area contributed by atoms with Crippen molar-refractivity contribution in [2.75, 3.05) is 32.9 Å². The van der Waals surface area contributed by atoms with E-state index in [0.29, 0.717) is 18.2 Å². The lowest BCUT2D eigenvalue weighted by molar-refractivity contribution is 0.0761. The van der Waals surface area contributed by atoms with Gasteiger partial charge in [-0.25, -0.2) is 4.39 Å². The summed E-state index contributed by atoms with van der Waals surface area (Å²) in [6.07, 6.45) is 2.27. The Morgan fingerprint density at radius 2 is 2.32 bits per heavy atom. The summed E-state index contributed by atoms with van der Waals surface area (Å²) in [5.41, 5.74) is 5.82. The summed E-state index contributed by atoms with van der Waals surface area (Å²) in [5, 5.41) is 0. The number of hydrogen-bond acceptors (Lipinski definition) is 3. The number of benzene rings is 1. The number of likely N-dealkylation sites (N-methyl/N-ethyl adjacent to an activating group) is 2. The van der Waals surface area contributed by atoms with Gasteiger partial charge in [-0.2, -0.15) is 0 Å². The third-order valence-electron chi connectivity index (χ3n) is 3.75. The third-order valence-corrected chi connectivity index (χ3v) is 3.75. The Balaban J connectivity index is 2.03. The topological polar surface area (TPSA) is 49.6 Å². The van der Waals surface area contributed by atoms with Gasteiger partial charge in [-0.15, -0.1) is 0 Å². The summed E-state index contributed by atoms with van der Waals surface area (Å²) in [6.45, 7) is 1.74. The monoisotopic (exact) mass is 265 g/mol. The molecule has 1 heterocycles. The SMILES string of the molecule is CN(CC1CCCN1C)C(=O)c1ccc(N)c(F)c1. The van der Waals surface area contributed by atoms with Crippen LogP contribution >= 0.6 is 0 Å². The summed E-state index contributed by atoms with van der Waals surface area (Å²) in [7, 11) is 3.82. The van der Waals surface area contributed by atoms with Gasteiger partial charge in [0.05, 0.1) is 5.69 Å². The Bertz CT molecular complexity index is 478. The van der Waals surface area contributed by atoms with Gasteiger partial charge in [0.15, 0.2) is 0 Å². The summed E-state index contributed by atoms with van der Waals surface area (Å²) < 4.78 is 13.4. The number of nitrogens with zero attached hydrogens (tertiary/aromatic N) is 2. The van der Waals surface area contributed by atoms with Crippen molar-refractivity contribution in [1.29, 1.82) is 0 Å². The number of carbonyl (C=O) groups is 1. The van der Waals surface area contributed by atoms with Crippen LogP contribution in [0.1, 0.15) is 23.2 Å². The number of amides is 1. The minimum atomic E-state index is -0.544. The molecule has 0 spiro atoms. The molecule has 104 valence electrons. The normalized spacial score (nSPS) is 19.6. The molecular formula is C14H20FN3O. The molecule has 0 bridgehead atoms. The molecule has 1 atom stereocenters. The van der Waals surface area contributed by atoms with Crippen LogP contribution in [0.25, 0.3) is 0 Å². The van der Waals surface area contributed by atoms with Gasteiger partial charge in [-0.3, -0.25) is 4.79 Å². The molecule has 2 rings (SSSR count). The van der Waals surface area contributed by atoms with Crippen LogP contribution in [-0.4, -0.2) is 48.9 Å². The predicted octanol–water partition coefficient (Wildman–Crippen LogP) is 1.57. The Morgan fingerprint density at radius 3 is 2.89 bits per heavy atom. The lowest BCUT2D eigenvalue weighted by Gasteiger charge is -2.26. The molecular weight excluding hydrogens is 245 g/mol. The number of hydrogen-bond donors (Lipinski definition) is 1. The maximum Gasteiger partial charge on any atom is 0.253 e. The van der Waals surface area contributed by atoms with E-state index in [-0.39, 0.29) is 11.6 Å². The average Bonchev–Trinajstić information content (AvgIpc) is 2.77. The molecule has 4 nitrogen and oxygen atoms in total. The van der Waals surface area contributed by atoms with Crippen LogP contribution in [0.15, 0.2) is 18.2 Å². The van der Waals surface area contributed by atoms with Gasteiger partial charge < -0.3 is 15.5 Å². The van der Waals surface area contributed by atoms with Crippen molar-refractivity contribution in [1.82, 2.24) is 9.80 Å². The number of likely N-dealkylation sites (tertiary alicyclic amines) is 1. The van der Waals surface area contributed by atoms with E-state index in [9.17, 15) is 9.18 Å². The van der Waals surface area contributed by atoms with Crippen molar-refractivity contribution in [2.24, 2.45) is 0 Å². The fourth-order valence-electron chi connectivity index (χ4n) is 2.49. The number of nitrogens with two attached hydrogens (primary N) is 1. The highest BCUT2D eigenvalue weighted by molar-refractivity contribution is 5.94. The molecule has 1 amide bonds. The minimum absolute atomic E-state index is 0.0646. The zero-order valence-corrected chi connectivity index (χ0v) is 11.4. The van der Waals surface area contributed by atoms with Gasteiger partial charge in [0.1, 0.15) is 5.82 Å². The Labute approximate surface area is 113 Å². The van der Waals surface area contributed by atoms with Crippen molar-refractivity contribution < 1.29 is 9.18 Å². The van der Waals surface area contributed by atoms with Crippen molar-refractivity contribution in [2.45, 2.75) is 18.9 Å². The van der Waals surface area contributed by atoms with Gasteiger partial charge in [0.25, 0.3) is 5.91 Å². The first-order valence-corrected chi connectivity index (χ1v) is 6.50. The van der Waals surface area contributed by atoms with E-state index < -0.39 is 5.82 Å². The summed E-state index contributed by atoms with van der Waals surface area (Å²) in [4.78, 5) is 16.1. The molecule has 2 N–H and O–H groups in total. The van der Waals surface area contributed by atoms with Crippen molar-refractivity contribution >= 4 is 11.6 Å². The van der Waals surface area contributed by atoms with Crippen LogP contribution in [0.5, 0.6) is 0 Å². The maximum atomic E-state index is 13.4. The molecule has 0 aromatic heterocycles. The molecule has 0 radical (unpaired) electrons. The molecule has 1 aliphatic rings. The Kier molecular flexibility index (Phi) is 4.04. The second kappa shape index (κ2) is 5.57. The van der Waals surface area contributed by atoms with E-state index in [2.05, 4.69) is 11.9 Å². The van der Waals surface area contributed by atoms with Gasteiger partial charge in [0, 0.05) is 25.2 Å². The zero-order valence-electron chi connectivity index (χ0n) is 11.4. The number of anilines is 1. The van der Waals surface area contributed by atoms with Crippen LogP contribution < -0.4 is 5.73 Å². The van der Waals surface area contributed by atoms with E-state index >= 15 is 0 Å². The Hall–Kier alpha value is -1.62. The second-order valence-corrected chi connectivity index (χ2v) is 5.20. The van der Waals surface area contributed by atoms with Crippen molar-refractivity contribution in [3.63, 3.8) is 0 Å². The molecule has 1 aromatic carbocycles. The van der Waals surface area contributed by atoms with E-state index in [0.717, 1.165) is 13.0 Å². The van der Waals surface area contributed by atoms with Crippen LogP contribution in [0.3, 0.4) is 0 Å². The third kappa shape index (κ3) is 3.04. The quantitative estimate of drug-likeness (QED) is 0.844. The molecule has 1 saturated heterocycles. The highest BCUT2D eigenvalue weighted by Gasteiger charge is 2.24. The highest BCUT2D eigenvalue weighted by Crippen LogP contribution is 2.17. The predicted molar refractivity (Wildman–Crippen MR) is 73.4 cm³/mol. The first-order chi connectivity index (χ1) is 8.99. The average molecular weight is 265 g/mol. The van der Waals surface area contributed by atoms with E-state index in [4.69, 9.17) is 5.73 Å². The molecule has 1 unspecified atom stereocenters. The van der Waals surface area contributed by atoms with Crippen LogP contribution in [0.2, 0.25) is 0 Å². The first kappa shape index (κ1) is 13.8. The van der Waals surface area contributed by atoms with E-state index in [1.54, 1.807) is 18.0 Å². The highest BCUT2D eigenvalue weighted by atomic mass is 19.1. The fourth-order valence-corrected chi connectivity index (χ4v) is 2.49. The standard InChI is InChI=1S/C14H20FN3O/c1-17-7-3-4-11(17)9-18(2)14(19)10-5-6-13(16)12(15)8-10/h5-6,8,11H,3-4,7,9,16H2,1-2H3. The van der Waals surface area contributed by atoms with Gasteiger partial charge >= 0.3 is 0 Å². The zero-order chi connectivity index (χ0) is 14.0. The summed E-state index contributed by atoms with van der Waals surface area (Å²) >= 11 is 0. The smallest absolute Gasteiger partial charge is 0.253 e. The number of nitrogen functional groups attached to an aromatic ring is 1. The minimum Gasteiger partial charge on any atom is -0.396 e. The van der Waals surface area contributed by atoms with Gasteiger partial charge in [0.2, 0.25) is 0 Å². The first-order valence-electron chi connectivity index (χ1n) is 6.50. The summed E-state index contributed by atoms with van der Waals surface area (Å²) in [5.74, 6) is -0.712. The molecule has 1 fully saturated rings. The number of carbonyl (C=O) groups excluding carboxylic acids is 1. The van der Waals surface area contributed by atoms with Crippen LogP contribution in [-0.2, 0) is 0 Å². The van der Waals surface area contributed by atoms with Crippen molar-refractivity contribution in [3.8, 4) is 0 Å². The lowest BCUT2D eigenvalue weighted by Crippen LogP contribution is -2.39. The maximum absolute atomic E-state index is 13.4.